The van der Waals surface area contributed by atoms with E-state index in [1.165, 1.54) is 7.11 Å². The van der Waals surface area contributed by atoms with Gasteiger partial charge in [-0.1, -0.05) is 19.3 Å². The van der Waals surface area contributed by atoms with Crippen molar-refractivity contribution in [3.63, 3.8) is 0 Å². The maximum absolute atomic E-state index is 11.1. The van der Waals surface area contributed by atoms with Crippen LogP contribution in [0.2, 0.25) is 0 Å². The highest BCUT2D eigenvalue weighted by atomic mass is 16.5. The molecule has 0 saturated heterocycles. The number of ether oxygens (including phenoxy) is 1. The van der Waals surface area contributed by atoms with Crippen molar-refractivity contribution >= 4 is 11.9 Å². The summed E-state index contributed by atoms with van der Waals surface area (Å²) in [6, 6.07) is 0. The van der Waals surface area contributed by atoms with E-state index in [9.17, 15) is 4.79 Å². The Morgan fingerprint density at radius 1 is 1.43 bits per heavy atom. The Bertz CT molecular complexity index is 234. The zero-order chi connectivity index (χ0) is 10.6. The Kier molecular flexibility index (Phi) is 3.33. The van der Waals surface area contributed by atoms with E-state index in [0.717, 1.165) is 32.1 Å². The SMILES string of the molecule is COC(=O)NC1(C(=N)N)CCCCC1. The summed E-state index contributed by atoms with van der Waals surface area (Å²) in [6.07, 6.45) is 4.07. The Balaban J connectivity index is 2.70. The molecule has 0 radical (unpaired) electrons. The van der Waals surface area contributed by atoms with Crippen LogP contribution in [0.4, 0.5) is 4.79 Å². The summed E-state index contributed by atoms with van der Waals surface area (Å²) in [5, 5.41) is 10.2. The van der Waals surface area contributed by atoms with Crippen LogP contribution in [0.1, 0.15) is 32.1 Å². The first kappa shape index (κ1) is 10.8. The van der Waals surface area contributed by atoms with Gasteiger partial charge < -0.3 is 15.8 Å². The minimum absolute atomic E-state index is 0.0302. The molecule has 1 aliphatic rings. The first-order valence-electron chi connectivity index (χ1n) is 4.81. The fourth-order valence-electron chi connectivity index (χ4n) is 1.86. The van der Waals surface area contributed by atoms with Crippen LogP contribution < -0.4 is 11.1 Å². The number of hydrogen-bond acceptors (Lipinski definition) is 3. The number of rotatable bonds is 2. The zero-order valence-electron chi connectivity index (χ0n) is 8.43. The van der Waals surface area contributed by atoms with Crippen molar-refractivity contribution in [3.8, 4) is 0 Å². The molecule has 0 aromatic carbocycles. The van der Waals surface area contributed by atoms with Crippen molar-refractivity contribution in [2.24, 2.45) is 5.73 Å². The van der Waals surface area contributed by atoms with E-state index in [2.05, 4.69) is 10.1 Å². The van der Waals surface area contributed by atoms with Gasteiger partial charge in [0, 0.05) is 0 Å². The number of carbonyl (C=O) groups excluding carboxylic acids is 1. The van der Waals surface area contributed by atoms with Crippen molar-refractivity contribution in [2.75, 3.05) is 7.11 Å². The summed E-state index contributed by atoms with van der Waals surface area (Å²) in [4.78, 5) is 11.1. The Morgan fingerprint density at radius 2 is 2.00 bits per heavy atom. The number of amidine groups is 1. The summed E-state index contributed by atoms with van der Waals surface area (Å²) in [5.41, 5.74) is 4.86. The third kappa shape index (κ3) is 2.16. The number of nitrogens with two attached hydrogens (primary N) is 1. The van der Waals surface area contributed by atoms with Gasteiger partial charge >= 0.3 is 6.09 Å². The number of amides is 1. The van der Waals surface area contributed by atoms with Crippen molar-refractivity contribution in [3.05, 3.63) is 0 Å². The zero-order valence-corrected chi connectivity index (χ0v) is 8.43. The van der Waals surface area contributed by atoms with Gasteiger partial charge in [0.1, 0.15) is 5.84 Å². The predicted molar refractivity (Wildman–Crippen MR) is 53.3 cm³/mol. The van der Waals surface area contributed by atoms with Gasteiger partial charge in [0.05, 0.1) is 12.6 Å². The van der Waals surface area contributed by atoms with Crippen molar-refractivity contribution < 1.29 is 9.53 Å². The Labute approximate surface area is 83.5 Å². The second-order valence-corrected chi connectivity index (χ2v) is 3.67. The Hall–Kier alpha value is -1.26. The number of nitrogens with one attached hydrogen (secondary N) is 2. The molecule has 0 heterocycles. The molecule has 1 amide bonds. The second kappa shape index (κ2) is 4.30. The lowest BCUT2D eigenvalue weighted by Crippen LogP contribution is -2.58. The van der Waals surface area contributed by atoms with E-state index >= 15 is 0 Å². The summed E-state index contributed by atoms with van der Waals surface area (Å²) in [7, 11) is 1.31. The van der Waals surface area contributed by atoms with Crippen LogP contribution in [0.15, 0.2) is 0 Å². The molecule has 1 aliphatic carbocycles. The van der Waals surface area contributed by atoms with Crippen molar-refractivity contribution in [2.45, 2.75) is 37.6 Å². The summed E-state index contributed by atoms with van der Waals surface area (Å²) in [5.74, 6) is 0.0302. The second-order valence-electron chi connectivity index (χ2n) is 3.67. The van der Waals surface area contributed by atoms with Gasteiger partial charge in [-0.2, -0.15) is 0 Å². The monoisotopic (exact) mass is 199 g/mol. The molecule has 1 saturated carbocycles. The molecule has 0 unspecified atom stereocenters. The molecule has 80 valence electrons. The lowest BCUT2D eigenvalue weighted by atomic mass is 9.81. The van der Waals surface area contributed by atoms with Crippen LogP contribution in [0.25, 0.3) is 0 Å². The molecular formula is C9H17N3O2. The van der Waals surface area contributed by atoms with Crippen molar-refractivity contribution in [1.29, 1.82) is 5.41 Å². The molecule has 4 N–H and O–H groups in total. The lowest BCUT2D eigenvalue weighted by Gasteiger charge is -2.36. The fourth-order valence-corrected chi connectivity index (χ4v) is 1.86. The highest BCUT2D eigenvalue weighted by Crippen LogP contribution is 2.28. The molecule has 0 bridgehead atoms. The smallest absolute Gasteiger partial charge is 0.407 e. The van der Waals surface area contributed by atoms with Crippen LogP contribution in [-0.2, 0) is 4.74 Å². The van der Waals surface area contributed by atoms with E-state index in [1.54, 1.807) is 0 Å². The van der Waals surface area contributed by atoms with Gasteiger partial charge in [-0.15, -0.1) is 0 Å². The van der Waals surface area contributed by atoms with Crippen LogP contribution >= 0.6 is 0 Å². The van der Waals surface area contributed by atoms with Gasteiger partial charge in [0.2, 0.25) is 0 Å². The molecule has 0 aliphatic heterocycles. The molecule has 1 rings (SSSR count). The summed E-state index contributed by atoms with van der Waals surface area (Å²) >= 11 is 0. The number of methoxy groups -OCH3 is 1. The third-order valence-corrected chi connectivity index (χ3v) is 2.75. The average Bonchev–Trinajstić information content (AvgIpc) is 2.19. The van der Waals surface area contributed by atoms with Gasteiger partial charge in [0.15, 0.2) is 0 Å². The first-order chi connectivity index (χ1) is 6.60. The Morgan fingerprint density at radius 3 is 2.43 bits per heavy atom. The highest BCUT2D eigenvalue weighted by molar-refractivity contribution is 5.90. The number of hydrogen-bond donors (Lipinski definition) is 3. The largest absolute Gasteiger partial charge is 0.453 e. The highest BCUT2D eigenvalue weighted by Gasteiger charge is 2.36. The van der Waals surface area contributed by atoms with Crippen LogP contribution in [-0.4, -0.2) is 24.6 Å². The molecular weight excluding hydrogens is 182 g/mol. The maximum atomic E-state index is 11.1. The van der Waals surface area contributed by atoms with Crippen LogP contribution in [0.5, 0.6) is 0 Å². The van der Waals surface area contributed by atoms with E-state index in [4.69, 9.17) is 11.1 Å². The van der Waals surface area contributed by atoms with Crippen LogP contribution in [0, 0.1) is 5.41 Å². The predicted octanol–water partition coefficient (Wildman–Crippen LogP) is 0.981. The first-order valence-corrected chi connectivity index (χ1v) is 4.81. The minimum atomic E-state index is -0.661. The molecule has 5 nitrogen and oxygen atoms in total. The normalized spacial score (nSPS) is 19.8. The topological polar surface area (TPSA) is 88.2 Å². The van der Waals surface area contributed by atoms with Crippen LogP contribution in [0.3, 0.4) is 0 Å². The molecule has 14 heavy (non-hydrogen) atoms. The molecule has 5 heteroatoms. The standard InChI is InChI=1S/C9H17N3O2/c1-14-8(13)12-9(7(10)11)5-3-2-4-6-9/h2-6H2,1H3,(H3,10,11)(H,12,13). The fraction of sp³-hybridized carbons (Fsp3) is 0.778. The van der Waals surface area contributed by atoms with E-state index < -0.39 is 11.6 Å². The van der Waals surface area contributed by atoms with Gasteiger partial charge in [-0.05, 0) is 12.8 Å². The quantitative estimate of drug-likeness (QED) is 0.457. The third-order valence-electron chi connectivity index (χ3n) is 2.75. The minimum Gasteiger partial charge on any atom is -0.453 e. The van der Waals surface area contributed by atoms with Gasteiger partial charge in [-0.25, -0.2) is 4.79 Å². The summed E-state index contributed by atoms with van der Waals surface area (Å²) < 4.78 is 4.53. The number of alkyl carbamates (subject to hydrolysis) is 1. The van der Waals surface area contributed by atoms with E-state index in [0.29, 0.717) is 0 Å². The molecule has 0 aromatic heterocycles. The average molecular weight is 199 g/mol. The molecule has 1 fully saturated rings. The summed E-state index contributed by atoms with van der Waals surface area (Å²) in [6.45, 7) is 0. The van der Waals surface area contributed by atoms with E-state index in [-0.39, 0.29) is 5.84 Å². The number of carbonyl (C=O) groups is 1. The van der Waals surface area contributed by atoms with E-state index in [1.807, 2.05) is 0 Å². The van der Waals surface area contributed by atoms with Gasteiger partial charge in [0.25, 0.3) is 0 Å². The molecule has 0 aromatic rings. The molecule has 0 atom stereocenters. The van der Waals surface area contributed by atoms with Crippen molar-refractivity contribution in [1.82, 2.24) is 5.32 Å². The van der Waals surface area contributed by atoms with Gasteiger partial charge in [-0.3, -0.25) is 5.41 Å². The molecule has 0 spiro atoms. The lowest BCUT2D eigenvalue weighted by molar-refractivity contribution is 0.156. The maximum Gasteiger partial charge on any atom is 0.407 e.